The molecule has 0 radical (unpaired) electrons. The molecule has 1 aliphatic carbocycles. The molecule has 3 heterocycles. The first-order chi connectivity index (χ1) is 15.9. The lowest BCUT2D eigenvalue weighted by Crippen LogP contribution is -2.39. The number of amides is 1. The van der Waals surface area contributed by atoms with E-state index in [0.717, 1.165) is 40.9 Å². The molecule has 1 amide bonds. The number of carbonyl (C=O) groups is 2. The van der Waals surface area contributed by atoms with E-state index in [1.165, 1.54) is 4.68 Å². The lowest BCUT2D eigenvalue weighted by molar-refractivity contribution is 0.0270. The van der Waals surface area contributed by atoms with Gasteiger partial charge in [0.25, 0.3) is 0 Å². The fraction of sp³-hybridized carbons (Fsp3) is 0.538. The van der Waals surface area contributed by atoms with E-state index >= 15 is 0 Å². The monoisotopic (exact) mass is 466 g/mol. The first-order valence-electron chi connectivity index (χ1n) is 11.9. The molecule has 2 aromatic heterocycles. The summed E-state index contributed by atoms with van der Waals surface area (Å²) in [7, 11) is 0. The van der Waals surface area contributed by atoms with Crippen molar-refractivity contribution < 1.29 is 19.1 Å². The number of hydrogen-bond acceptors (Lipinski definition) is 6. The van der Waals surface area contributed by atoms with E-state index < -0.39 is 17.3 Å². The van der Waals surface area contributed by atoms with E-state index in [0.29, 0.717) is 25.4 Å². The Morgan fingerprint density at radius 2 is 1.68 bits per heavy atom. The number of ether oxygens (including phenoxy) is 2. The minimum absolute atomic E-state index is 0.302. The molecule has 0 aromatic carbocycles. The highest BCUT2D eigenvalue weighted by molar-refractivity contribution is 5.82. The van der Waals surface area contributed by atoms with E-state index in [4.69, 9.17) is 14.5 Å². The van der Waals surface area contributed by atoms with Gasteiger partial charge in [0.15, 0.2) is 0 Å². The van der Waals surface area contributed by atoms with Crippen LogP contribution in [0.1, 0.15) is 78.0 Å². The Kier molecular flexibility index (Phi) is 6.27. The van der Waals surface area contributed by atoms with Gasteiger partial charge in [0.2, 0.25) is 0 Å². The summed E-state index contributed by atoms with van der Waals surface area (Å²) in [6.45, 7) is 12.2. The van der Waals surface area contributed by atoms with Crippen molar-refractivity contribution in [2.75, 3.05) is 13.1 Å². The Morgan fingerprint density at radius 1 is 1.00 bits per heavy atom. The average molecular weight is 467 g/mol. The molecule has 0 unspecified atom stereocenters. The van der Waals surface area contributed by atoms with Gasteiger partial charge in [0, 0.05) is 42.5 Å². The van der Waals surface area contributed by atoms with Crippen molar-refractivity contribution in [3.05, 3.63) is 41.9 Å². The van der Waals surface area contributed by atoms with Crippen LogP contribution in [0.3, 0.4) is 0 Å². The molecular weight excluding hydrogens is 432 g/mol. The quantitative estimate of drug-likeness (QED) is 0.583. The van der Waals surface area contributed by atoms with Crippen LogP contribution in [0.15, 0.2) is 30.6 Å². The molecule has 1 saturated carbocycles. The lowest BCUT2D eigenvalue weighted by atomic mass is 9.94. The van der Waals surface area contributed by atoms with E-state index in [1.54, 1.807) is 17.3 Å². The third kappa shape index (κ3) is 5.66. The normalized spacial score (nSPS) is 16.8. The molecule has 0 atom stereocenters. The molecule has 1 aliphatic heterocycles. The summed E-state index contributed by atoms with van der Waals surface area (Å²) in [5.74, 6) is 0.330. The number of rotatable bonds is 3. The topological polar surface area (TPSA) is 86.6 Å². The highest BCUT2D eigenvalue weighted by Crippen LogP contribution is 2.44. The summed E-state index contributed by atoms with van der Waals surface area (Å²) in [5, 5.41) is 4.60. The van der Waals surface area contributed by atoms with Crippen LogP contribution < -0.4 is 0 Å². The van der Waals surface area contributed by atoms with Crippen LogP contribution in [0, 0.1) is 0 Å². The predicted octanol–water partition coefficient (Wildman–Crippen LogP) is 5.63. The molecule has 1 fully saturated rings. The number of carbonyl (C=O) groups excluding carboxylic acids is 2. The van der Waals surface area contributed by atoms with Crippen molar-refractivity contribution in [1.29, 1.82) is 0 Å². The average Bonchev–Trinajstić information content (AvgIpc) is 3.49. The Balaban J connectivity index is 1.62. The van der Waals surface area contributed by atoms with Crippen LogP contribution in [0.4, 0.5) is 9.59 Å². The third-order valence-corrected chi connectivity index (χ3v) is 5.56. The Labute approximate surface area is 200 Å². The molecule has 0 N–H and O–H groups in total. The third-order valence-electron chi connectivity index (χ3n) is 5.56. The van der Waals surface area contributed by atoms with Crippen LogP contribution in [0.2, 0.25) is 0 Å². The smallest absolute Gasteiger partial charge is 0.435 e. The molecule has 8 heteroatoms. The van der Waals surface area contributed by atoms with Crippen LogP contribution in [-0.2, 0) is 9.47 Å². The minimum atomic E-state index is -0.605. The summed E-state index contributed by atoms with van der Waals surface area (Å²) in [4.78, 5) is 31.5. The second-order valence-electron chi connectivity index (χ2n) is 10.9. The zero-order chi connectivity index (χ0) is 24.7. The van der Waals surface area contributed by atoms with Crippen LogP contribution >= 0.6 is 0 Å². The number of hydrogen-bond donors (Lipinski definition) is 0. The second-order valence-corrected chi connectivity index (χ2v) is 10.9. The van der Waals surface area contributed by atoms with Gasteiger partial charge in [0.05, 0.1) is 11.4 Å². The van der Waals surface area contributed by atoms with Gasteiger partial charge in [-0.05, 0) is 72.4 Å². The van der Waals surface area contributed by atoms with Crippen molar-refractivity contribution in [2.24, 2.45) is 0 Å². The Hall–Kier alpha value is -3.16. The largest absolute Gasteiger partial charge is 0.444 e. The number of nitrogens with zero attached hydrogens (tertiary/aromatic N) is 4. The van der Waals surface area contributed by atoms with E-state index in [1.807, 2.05) is 53.7 Å². The van der Waals surface area contributed by atoms with Crippen LogP contribution in [0.5, 0.6) is 0 Å². The minimum Gasteiger partial charge on any atom is -0.444 e. The molecule has 8 nitrogen and oxygen atoms in total. The molecule has 4 rings (SSSR count). The standard InChI is InChI=1S/C26H34N4O4/c1-25(2,3)33-23(31)29-14-11-17(12-15-29)19-8-7-13-27-22(19)20-16-30(24(32)34-26(4,5)6)28-21(20)18-9-10-18/h7-8,11,13,16,18H,9-10,12,14-15H2,1-6H3. The summed E-state index contributed by atoms with van der Waals surface area (Å²) < 4.78 is 12.3. The summed E-state index contributed by atoms with van der Waals surface area (Å²) in [6, 6.07) is 3.95. The number of pyridine rings is 1. The highest BCUT2D eigenvalue weighted by atomic mass is 16.6. The second kappa shape index (κ2) is 8.89. The van der Waals surface area contributed by atoms with Crippen molar-refractivity contribution in [2.45, 2.75) is 77.9 Å². The first kappa shape index (κ1) is 24.0. The Bertz CT molecular complexity index is 1120. The SMILES string of the molecule is CC(C)(C)OC(=O)N1CC=C(c2cccnc2-c2cn(C(=O)OC(C)(C)C)nc2C2CC2)CC1. The van der Waals surface area contributed by atoms with Gasteiger partial charge in [-0.1, -0.05) is 12.1 Å². The van der Waals surface area contributed by atoms with E-state index in [9.17, 15) is 9.59 Å². The highest BCUT2D eigenvalue weighted by Gasteiger charge is 2.33. The maximum atomic E-state index is 12.7. The molecule has 182 valence electrons. The Morgan fingerprint density at radius 3 is 2.26 bits per heavy atom. The summed E-state index contributed by atoms with van der Waals surface area (Å²) in [6.07, 6.45) is 7.55. The fourth-order valence-corrected chi connectivity index (χ4v) is 3.92. The molecule has 0 spiro atoms. The molecule has 2 aromatic rings. The van der Waals surface area contributed by atoms with Gasteiger partial charge in [-0.3, -0.25) is 4.98 Å². The number of aromatic nitrogens is 3. The van der Waals surface area contributed by atoms with Gasteiger partial charge < -0.3 is 14.4 Å². The maximum Gasteiger partial charge on any atom is 0.435 e. The van der Waals surface area contributed by atoms with E-state index in [-0.39, 0.29) is 6.09 Å². The molecule has 2 aliphatic rings. The zero-order valence-corrected chi connectivity index (χ0v) is 20.9. The predicted molar refractivity (Wildman–Crippen MR) is 129 cm³/mol. The maximum absolute atomic E-state index is 12.7. The van der Waals surface area contributed by atoms with Crippen molar-refractivity contribution in [3.63, 3.8) is 0 Å². The fourth-order valence-electron chi connectivity index (χ4n) is 3.92. The van der Waals surface area contributed by atoms with Gasteiger partial charge >= 0.3 is 12.2 Å². The molecule has 34 heavy (non-hydrogen) atoms. The van der Waals surface area contributed by atoms with Gasteiger partial charge in [-0.2, -0.15) is 9.78 Å². The van der Waals surface area contributed by atoms with Crippen LogP contribution in [-0.4, -0.2) is 56.1 Å². The lowest BCUT2D eigenvalue weighted by Gasteiger charge is -2.30. The van der Waals surface area contributed by atoms with Crippen LogP contribution in [0.25, 0.3) is 16.8 Å². The van der Waals surface area contributed by atoms with E-state index in [2.05, 4.69) is 11.2 Å². The molecule has 0 saturated heterocycles. The van der Waals surface area contributed by atoms with Gasteiger partial charge in [-0.25, -0.2) is 9.59 Å². The van der Waals surface area contributed by atoms with Gasteiger partial charge in [-0.15, -0.1) is 0 Å². The first-order valence-corrected chi connectivity index (χ1v) is 11.9. The van der Waals surface area contributed by atoms with Crippen molar-refractivity contribution >= 4 is 17.8 Å². The van der Waals surface area contributed by atoms with Crippen molar-refractivity contribution in [1.82, 2.24) is 19.7 Å². The summed E-state index contributed by atoms with van der Waals surface area (Å²) in [5.41, 5.74) is 3.54. The molecule has 0 bridgehead atoms. The zero-order valence-electron chi connectivity index (χ0n) is 20.9. The summed E-state index contributed by atoms with van der Waals surface area (Å²) >= 11 is 0. The van der Waals surface area contributed by atoms with Crippen molar-refractivity contribution in [3.8, 4) is 11.3 Å². The molecular formula is C26H34N4O4. The van der Waals surface area contributed by atoms with Gasteiger partial charge in [0.1, 0.15) is 11.2 Å².